The van der Waals surface area contributed by atoms with Crippen molar-refractivity contribution in [3.8, 4) is 5.75 Å². The van der Waals surface area contributed by atoms with E-state index in [1.807, 2.05) is 0 Å². The molecule has 146 valence electrons. The number of likely N-dealkylation sites (tertiary alicyclic amines) is 1. The van der Waals surface area contributed by atoms with Crippen molar-refractivity contribution < 1.29 is 34.8 Å². The molecular weight excluding hydrogens is 346 g/mol. The molecule has 0 spiro atoms. The molecule has 0 atom stereocenters. The van der Waals surface area contributed by atoms with E-state index in [2.05, 4.69) is 9.88 Å². The number of aromatic hydroxyl groups is 1. The third kappa shape index (κ3) is 10.8. The zero-order valence-electron chi connectivity index (χ0n) is 14.8. The molecule has 0 radical (unpaired) electrons. The van der Waals surface area contributed by atoms with Gasteiger partial charge in [-0.25, -0.2) is 14.4 Å². The summed E-state index contributed by atoms with van der Waals surface area (Å²) in [5, 5.41) is 32.3. The third-order valence-corrected chi connectivity index (χ3v) is 3.25. The predicted molar refractivity (Wildman–Crippen MR) is 92.0 cm³/mol. The molecule has 10 nitrogen and oxygen atoms in total. The molecule has 0 aromatic carbocycles. The Morgan fingerprint density at radius 3 is 1.96 bits per heavy atom. The van der Waals surface area contributed by atoms with Crippen LogP contribution in [-0.4, -0.2) is 80.4 Å². The van der Waals surface area contributed by atoms with Crippen molar-refractivity contribution in [1.82, 2.24) is 14.8 Å². The van der Waals surface area contributed by atoms with Crippen molar-refractivity contribution in [3.05, 3.63) is 24.0 Å². The summed E-state index contributed by atoms with van der Waals surface area (Å²) < 4.78 is 0. The molecule has 1 aliphatic heterocycles. The molecule has 1 amide bonds. The summed E-state index contributed by atoms with van der Waals surface area (Å²) >= 11 is 0. The number of aromatic nitrogens is 1. The van der Waals surface area contributed by atoms with Crippen molar-refractivity contribution in [1.29, 1.82) is 0 Å². The highest BCUT2D eigenvalue weighted by Crippen LogP contribution is 2.17. The van der Waals surface area contributed by atoms with Crippen LogP contribution in [0.2, 0.25) is 0 Å². The average molecular weight is 371 g/mol. The molecule has 0 aliphatic carbocycles. The lowest BCUT2D eigenvalue weighted by Crippen LogP contribution is -2.29. The first-order chi connectivity index (χ1) is 12.1. The second kappa shape index (κ2) is 12.5. The lowest BCUT2D eigenvalue weighted by atomic mass is 10.1. The molecule has 10 heteroatoms. The van der Waals surface area contributed by atoms with E-state index in [0.29, 0.717) is 5.75 Å². The van der Waals surface area contributed by atoms with Gasteiger partial charge < -0.3 is 25.3 Å². The molecule has 1 aliphatic rings. The highest BCUT2D eigenvalue weighted by atomic mass is 16.4. The number of amides is 1. The molecule has 1 saturated heterocycles. The summed E-state index contributed by atoms with van der Waals surface area (Å²) in [6.45, 7) is 3.05. The van der Waals surface area contributed by atoms with Gasteiger partial charge in [-0.1, -0.05) is 6.42 Å². The molecule has 1 aromatic rings. The van der Waals surface area contributed by atoms with Crippen LogP contribution in [0.1, 0.15) is 25.0 Å². The van der Waals surface area contributed by atoms with E-state index in [0.717, 1.165) is 30.2 Å². The van der Waals surface area contributed by atoms with Crippen LogP contribution in [0.15, 0.2) is 18.3 Å². The topological polar surface area (TPSA) is 152 Å². The van der Waals surface area contributed by atoms with Crippen molar-refractivity contribution in [2.45, 2.75) is 25.8 Å². The first-order valence-electron chi connectivity index (χ1n) is 7.86. The van der Waals surface area contributed by atoms with E-state index in [9.17, 15) is 9.90 Å². The van der Waals surface area contributed by atoms with Gasteiger partial charge in [0.15, 0.2) is 0 Å². The van der Waals surface area contributed by atoms with E-state index in [-0.39, 0.29) is 0 Å². The number of carboxylic acids is 2. The number of aliphatic carboxylic acids is 2. The Kier molecular flexibility index (Phi) is 11.1. The van der Waals surface area contributed by atoms with Gasteiger partial charge in [0, 0.05) is 26.8 Å². The molecule has 0 unspecified atom stereocenters. The average Bonchev–Trinajstić information content (AvgIpc) is 2.59. The molecule has 2 heterocycles. The number of piperidine rings is 1. The largest absolute Gasteiger partial charge is 0.506 e. The smallest absolute Gasteiger partial charge is 0.414 e. The fourth-order valence-electron chi connectivity index (χ4n) is 1.88. The summed E-state index contributed by atoms with van der Waals surface area (Å²) in [5.74, 6) is -3.33. The van der Waals surface area contributed by atoms with E-state index < -0.39 is 18.0 Å². The van der Waals surface area contributed by atoms with Gasteiger partial charge in [-0.3, -0.25) is 9.88 Å². The molecule has 0 bridgehead atoms. The van der Waals surface area contributed by atoms with Gasteiger partial charge in [0.1, 0.15) is 5.75 Å². The van der Waals surface area contributed by atoms with Gasteiger partial charge >= 0.3 is 18.0 Å². The summed E-state index contributed by atoms with van der Waals surface area (Å²) in [7, 11) is 2.95. The fourth-order valence-corrected chi connectivity index (χ4v) is 1.88. The second-order valence-electron chi connectivity index (χ2n) is 5.59. The van der Waals surface area contributed by atoms with Crippen LogP contribution >= 0.6 is 0 Å². The monoisotopic (exact) mass is 371 g/mol. The summed E-state index contributed by atoms with van der Waals surface area (Å²) in [6, 6.07) is 3.46. The van der Waals surface area contributed by atoms with E-state index in [1.54, 1.807) is 18.3 Å². The minimum Gasteiger partial charge on any atom is -0.506 e. The molecule has 26 heavy (non-hydrogen) atoms. The first-order valence-corrected chi connectivity index (χ1v) is 7.86. The van der Waals surface area contributed by atoms with Crippen LogP contribution in [0.25, 0.3) is 0 Å². The van der Waals surface area contributed by atoms with Crippen LogP contribution in [0, 0.1) is 0 Å². The van der Waals surface area contributed by atoms with Gasteiger partial charge in [-0.2, -0.15) is 0 Å². The Labute approximate surface area is 151 Å². The van der Waals surface area contributed by atoms with Crippen molar-refractivity contribution >= 4 is 18.0 Å². The number of hydrogen-bond acceptors (Lipinski definition) is 6. The molecule has 1 fully saturated rings. The quantitative estimate of drug-likeness (QED) is 0.561. The number of pyridine rings is 1. The standard InChI is InChI=1S/C11H16N2O.C3H7NO2.C2H2O4/c14-11-5-4-6-12-10(11)9-13-7-2-1-3-8-13;1-4(2)3(5)6;3-1(4)2(5)6/h4-6,14H,1-3,7-9H2;1-2H3,(H,5,6);(H,3,4)(H,5,6). The van der Waals surface area contributed by atoms with Gasteiger partial charge in [0.2, 0.25) is 0 Å². The Hall–Kier alpha value is -2.88. The van der Waals surface area contributed by atoms with E-state index >= 15 is 0 Å². The molecule has 2 rings (SSSR count). The maximum atomic E-state index is 9.62. The van der Waals surface area contributed by atoms with Crippen molar-refractivity contribution in [2.75, 3.05) is 27.2 Å². The van der Waals surface area contributed by atoms with Crippen molar-refractivity contribution in [3.63, 3.8) is 0 Å². The Balaban J connectivity index is 0.000000437. The summed E-state index contributed by atoms with van der Waals surface area (Å²) in [4.78, 5) is 35.4. The Morgan fingerprint density at radius 2 is 1.58 bits per heavy atom. The second-order valence-corrected chi connectivity index (χ2v) is 5.59. The normalized spacial score (nSPS) is 13.3. The van der Waals surface area contributed by atoms with Crippen LogP contribution in [-0.2, 0) is 16.1 Å². The number of carboxylic acid groups (broad SMARTS) is 3. The fraction of sp³-hybridized carbons (Fsp3) is 0.500. The number of rotatable bonds is 2. The van der Waals surface area contributed by atoms with Crippen LogP contribution in [0.3, 0.4) is 0 Å². The minimum atomic E-state index is -1.82. The number of hydrogen-bond donors (Lipinski definition) is 4. The highest BCUT2D eigenvalue weighted by molar-refractivity contribution is 6.27. The highest BCUT2D eigenvalue weighted by Gasteiger charge is 2.12. The van der Waals surface area contributed by atoms with Crippen molar-refractivity contribution in [2.24, 2.45) is 0 Å². The van der Waals surface area contributed by atoms with Crippen LogP contribution in [0.5, 0.6) is 5.75 Å². The minimum absolute atomic E-state index is 0.318. The van der Waals surface area contributed by atoms with E-state index in [1.165, 1.54) is 33.4 Å². The molecule has 1 aromatic heterocycles. The lowest BCUT2D eigenvalue weighted by Gasteiger charge is -2.26. The third-order valence-electron chi connectivity index (χ3n) is 3.25. The molecule has 4 N–H and O–H groups in total. The van der Waals surface area contributed by atoms with Gasteiger partial charge in [-0.05, 0) is 38.1 Å². The summed E-state index contributed by atoms with van der Waals surface area (Å²) in [6.07, 6.45) is 4.71. The molecular formula is C16H25N3O7. The zero-order chi connectivity index (χ0) is 20.1. The number of nitrogens with zero attached hydrogens (tertiary/aromatic N) is 3. The zero-order valence-corrected chi connectivity index (χ0v) is 14.8. The predicted octanol–water partition coefficient (Wildman–Crippen LogP) is 1.15. The summed E-state index contributed by atoms with van der Waals surface area (Å²) in [5.41, 5.74) is 0.800. The lowest BCUT2D eigenvalue weighted by molar-refractivity contribution is -0.159. The number of carbonyl (C=O) groups is 3. The maximum absolute atomic E-state index is 9.62. The SMILES string of the molecule is CN(C)C(=O)O.O=C(O)C(=O)O.Oc1cccnc1CN1CCCCC1. The van der Waals surface area contributed by atoms with Gasteiger partial charge in [0.25, 0.3) is 0 Å². The first kappa shape index (κ1) is 23.1. The van der Waals surface area contributed by atoms with Gasteiger partial charge in [-0.15, -0.1) is 0 Å². The molecule has 0 saturated carbocycles. The van der Waals surface area contributed by atoms with Crippen LogP contribution < -0.4 is 0 Å². The van der Waals surface area contributed by atoms with E-state index in [4.69, 9.17) is 24.9 Å². The van der Waals surface area contributed by atoms with Gasteiger partial charge in [0.05, 0.1) is 5.69 Å². The Bertz CT molecular complexity index is 575. The Morgan fingerprint density at radius 1 is 1.08 bits per heavy atom. The van der Waals surface area contributed by atoms with Crippen LogP contribution in [0.4, 0.5) is 4.79 Å². The maximum Gasteiger partial charge on any atom is 0.414 e.